The van der Waals surface area contributed by atoms with Crippen LogP contribution in [0.2, 0.25) is 0 Å². The monoisotopic (exact) mass is 258 g/mol. The van der Waals surface area contributed by atoms with Crippen LogP contribution < -0.4 is 0 Å². The fourth-order valence-electron chi connectivity index (χ4n) is 2.63. The molecule has 0 amide bonds. The van der Waals surface area contributed by atoms with Crippen molar-refractivity contribution in [3.63, 3.8) is 0 Å². The molecule has 0 saturated carbocycles. The Balaban J connectivity index is 2.32. The van der Waals surface area contributed by atoms with Gasteiger partial charge in [0.1, 0.15) is 0 Å². The number of aliphatic hydroxyl groups is 1. The fourth-order valence-corrected chi connectivity index (χ4v) is 2.63. The second kappa shape index (κ2) is 5.57. The van der Waals surface area contributed by atoms with Gasteiger partial charge in [-0.1, -0.05) is 43.7 Å². The minimum atomic E-state index is -0.809. The molecule has 1 aromatic carbocycles. The first-order chi connectivity index (χ1) is 9.05. The molecule has 0 saturated heterocycles. The standard InChI is InChI=1S/C16H22N2O/c1-4-10-16(19,14-8-6-5-7-9-14)12-15-11-13(2)17-18(15)3/h5-9,11,19H,4,10,12H2,1-3H3. The molecule has 1 atom stereocenters. The SMILES string of the molecule is CCCC(O)(Cc1cc(C)nn1C)c1ccccc1. The number of aromatic nitrogens is 2. The van der Waals surface area contributed by atoms with Crippen LogP contribution in [0.1, 0.15) is 36.7 Å². The number of hydrogen-bond acceptors (Lipinski definition) is 2. The largest absolute Gasteiger partial charge is 0.385 e. The maximum Gasteiger partial charge on any atom is 0.0951 e. The summed E-state index contributed by atoms with van der Waals surface area (Å²) in [6.45, 7) is 4.08. The molecular formula is C16H22N2O. The zero-order valence-corrected chi connectivity index (χ0v) is 11.9. The van der Waals surface area contributed by atoms with Crippen molar-refractivity contribution in [3.8, 4) is 0 Å². The van der Waals surface area contributed by atoms with Crippen LogP contribution in [0, 0.1) is 6.92 Å². The van der Waals surface area contributed by atoms with Crippen molar-refractivity contribution < 1.29 is 5.11 Å². The van der Waals surface area contributed by atoms with Gasteiger partial charge in [-0.2, -0.15) is 5.10 Å². The maximum absolute atomic E-state index is 11.0. The number of rotatable bonds is 5. The molecule has 2 rings (SSSR count). The molecule has 102 valence electrons. The van der Waals surface area contributed by atoms with Crippen LogP contribution in [0.3, 0.4) is 0 Å². The van der Waals surface area contributed by atoms with Gasteiger partial charge < -0.3 is 5.11 Å². The van der Waals surface area contributed by atoms with E-state index >= 15 is 0 Å². The molecule has 2 aromatic rings. The molecular weight excluding hydrogens is 236 g/mol. The summed E-state index contributed by atoms with van der Waals surface area (Å²) >= 11 is 0. The molecule has 19 heavy (non-hydrogen) atoms. The average molecular weight is 258 g/mol. The summed E-state index contributed by atoms with van der Waals surface area (Å²) < 4.78 is 1.86. The molecule has 1 aromatic heterocycles. The number of aryl methyl sites for hydroxylation is 2. The Bertz CT molecular complexity index is 533. The molecule has 1 unspecified atom stereocenters. The highest BCUT2D eigenvalue weighted by molar-refractivity contribution is 5.25. The van der Waals surface area contributed by atoms with Crippen LogP contribution in [-0.4, -0.2) is 14.9 Å². The summed E-state index contributed by atoms with van der Waals surface area (Å²) in [6, 6.07) is 12.0. The van der Waals surface area contributed by atoms with E-state index in [1.165, 1.54) is 0 Å². The van der Waals surface area contributed by atoms with Crippen molar-refractivity contribution in [1.82, 2.24) is 9.78 Å². The van der Waals surface area contributed by atoms with Gasteiger partial charge in [0.15, 0.2) is 0 Å². The summed E-state index contributed by atoms with van der Waals surface area (Å²) in [7, 11) is 1.93. The summed E-state index contributed by atoms with van der Waals surface area (Å²) in [5.41, 5.74) is 2.23. The van der Waals surface area contributed by atoms with Gasteiger partial charge >= 0.3 is 0 Å². The van der Waals surface area contributed by atoms with Crippen LogP contribution in [-0.2, 0) is 19.1 Å². The van der Waals surface area contributed by atoms with Crippen LogP contribution in [0.15, 0.2) is 36.4 Å². The molecule has 3 nitrogen and oxygen atoms in total. The van der Waals surface area contributed by atoms with Crippen LogP contribution in [0.4, 0.5) is 0 Å². The van der Waals surface area contributed by atoms with E-state index in [1.54, 1.807) is 0 Å². The molecule has 0 bridgehead atoms. The number of nitrogens with zero attached hydrogens (tertiary/aromatic N) is 2. The first kappa shape index (κ1) is 13.8. The van der Waals surface area contributed by atoms with Crippen molar-refractivity contribution in [2.24, 2.45) is 7.05 Å². The summed E-state index contributed by atoms with van der Waals surface area (Å²) in [5, 5.41) is 15.4. The predicted octanol–water partition coefficient (Wildman–Crippen LogP) is 2.96. The van der Waals surface area contributed by atoms with E-state index in [4.69, 9.17) is 0 Å². The van der Waals surface area contributed by atoms with Gasteiger partial charge in [-0.05, 0) is 25.0 Å². The Morgan fingerprint density at radius 1 is 1.26 bits per heavy atom. The van der Waals surface area contributed by atoms with Gasteiger partial charge in [0, 0.05) is 19.2 Å². The average Bonchev–Trinajstić information content (AvgIpc) is 2.69. The lowest BCUT2D eigenvalue weighted by Gasteiger charge is -2.28. The van der Waals surface area contributed by atoms with E-state index in [0.29, 0.717) is 6.42 Å². The third-order valence-corrected chi connectivity index (χ3v) is 3.55. The molecule has 0 radical (unpaired) electrons. The van der Waals surface area contributed by atoms with Crippen molar-refractivity contribution in [2.75, 3.05) is 0 Å². The van der Waals surface area contributed by atoms with Crippen molar-refractivity contribution in [1.29, 1.82) is 0 Å². The minimum absolute atomic E-state index is 0.599. The van der Waals surface area contributed by atoms with Crippen LogP contribution in [0.5, 0.6) is 0 Å². The second-order valence-corrected chi connectivity index (χ2v) is 5.23. The predicted molar refractivity (Wildman–Crippen MR) is 76.9 cm³/mol. The molecule has 0 fully saturated rings. The van der Waals surface area contributed by atoms with Gasteiger partial charge in [0.05, 0.1) is 11.3 Å². The van der Waals surface area contributed by atoms with Gasteiger partial charge in [-0.25, -0.2) is 0 Å². The van der Waals surface area contributed by atoms with E-state index in [0.717, 1.165) is 29.8 Å². The normalized spacial score (nSPS) is 14.3. The van der Waals surface area contributed by atoms with E-state index in [-0.39, 0.29) is 0 Å². The molecule has 0 aliphatic rings. The highest BCUT2D eigenvalue weighted by atomic mass is 16.3. The highest BCUT2D eigenvalue weighted by Gasteiger charge is 2.29. The zero-order chi connectivity index (χ0) is 13.9. The molecule has 1 heterocycles. The Hall–Kier alpha value is -1.61. The molecule has 3 heteroatoms. The van der Waals surface area contributed by atoms with Crippen molar-refractivity contribution in [2.45, 2.75) is 38.7 Å². The lowest BCUT2D eigenvalue weighted by molar-refractivity contribution is 0.0251. The summed E-state index contributed by atoms with van der Waals surface area (Å²) in [6.07, 6.45) is 2.30. The molecule has 0 aliphatic carbocycles. The first-order valence-corrected chi connectivity index (χ1v) is 6.82. The van der Waals surface area contributed by atoms with Crippen molar-refractivity contribution >= 4 is 0 Å². The number of hydrogen-bond donors (Lipinski definition) is 1. The third kappa shape index (κ3) is 3.04. The van der Waals surface area contributed by atoms with E-state index < -0.39 is 5.60 Å². The molecule has 0 aliphatic heterocycles. The third-order valence-electron chi connectivity index (χ3n) is 3.55. The van der Waals surface area contributed by atoms with Crippen LogP contribution in [0.25, 0.3) is 0 Å². The van der Waals surface area contributed by atoms with Gasteiger partial charge in [0.25, 0.3) is 0 Å². The van der Waals surface area contributed by atoms with E-state index in [2.05, 4.69) is 12.0 Å². The number of benzene rings is 1. The second-order valence-electron chi connectivity index (χ2n) is 5.23. The zero-order valence-electron chi connectivity index (χ0n) is 11.9. The van der Waals surface area contributed by atoms with Gasteiger partial charge in [-0.3, -0.25) is 4.68 Å². The molecule has 0 spiro atoms. The molecule has 1 N–H and O–H groups in total. The Morgan fingerprint density at radius 2 is 1.95 bits per heavy atom. The minimum Gasteiger partial charge on any atom is -0.385 e. The Morgan fingerprint density at radius 3 is 2.47 bits per heavy atom. The fraction of sp³-hybridized carbons (Fsp3) is 0.438. The highest BCUT2D eigenvalue weighted by Crippen LogP contribution is 2.30. The first-order valence-electron chi connectivity index (χ1n) is 6.82. The van der Waals surface area contributed by atoms with Gasteiger partial charge in [0.2, 0.25) is 0 Å². The van der Waals surface area contributed by atoms with E-state index in [9.17, 15) is 5.11 Å². The van der Waals surface area contributed by atoms with Crippen molar-refractivity contribution in [3.05, 3.63) is 53.3 Å². The quantitative estimate of drug-likeness (QED) is 0.895. The summed E-state index contributed by atoms with van der Waals surface area (Å²) in [4.78, 5) is 0. The smallest absolute Gasteiger partial charge is 0.0951 e. The lowest BCUT2D eigenvalue weighted by atomic mass is 9.85. The maximum atomic E-state index is 11.0. The van der Waals surface area contributed by atoms with Gasteiger partial charge in [-0.15, -0.1) is 0 Å². The van der Waals surface area contributed by atoms with E-state index in [1.807, 2.05) is 55.1 Å². The Kier molecular flexibility index (Phi) is 4.05. The lowest BCUT2D eigenvalue weighted by Crippen LogP contribution is -2.29. The summed E-state index contributed by atoms with van der Waals surface area (Å²) in [5.74, 6) is 0. The van der Waals surface area contributed by atoms with Crippen LogP contribution >= 0.6 is 0 Å². The topological polar surface area (TPSA) is 38.1 Å². The Labute approximate surface area is 114 Å².